The summed E-state index contributed by atoms with van der Waals surface area (Å²) in [4.78, 5) is 48.5. The molecule has 0 spiro atoms. The number of amides is 1. The van der Waals surface area contributed by atoms with Crippen molar-refractivity contribution in [2.24, 2.45) is 11.3 Å². The van der Waals surface area contributed by atoms with Gasteiger partial charge >= 0.3 is 11.9 Å². The third kappa shape index (κ3) is 8.90. The Bertz CT molecular complexity index is 1570. The molecule has 6 aliphatic rings. The Morgan fingerprint density at radius 3 is 2.38 bits per heavy atom. The van der Waals surface area contributed by atoms with E-state index in [-0.39, 0.29) is 25.8 Å². The first kappa shape index (κ1) is 41.3. The summed E-state index contributed by atoms with van der Waals surface area (Å²) >= 11 is 0. The van der Waals surface area contributed by atoms with Crippen LogP contribution in [0.4, 0.5) is 0 Å². The van der Waals surface area contributed by atoms with Gasteiger partial charge in [-0.15, -0.1) is 0 Å². The van der Waals surface area contributed by atoms with Gasteiger partial charge in [0.1, 0.15) is 35.4 Å². The van der Waals surface area contributed by atoms with Crippen LogP contribution in [0.25, 0.3) is 6.08 Å². The highest BCUT2D eigenvalue weighted by atomic mass is 16.8. The summed E-state index contributed by atoms with van der Waals surface area (Å²) in [6.45, 7) is 9.57. The summed E-state index contributed by atoms with van der Waals surface area (Å²) in [6.07, 6.45) is 13.7. The van der Waals surface area contributed by atoms with Crippen LogP contribution in [0.5, 0.6) is 0 Å². The van der Waals surface area contributed by atoms with Crippen molar-refractivity contribution in [3.8, 4) is 0 Å². The highest BCUT2D eigenvalue weighted by Gasteiger charge is 2.76. The Morgan fingerprint density at radius 1 is 1.00 bits per heavy atom. The van der Waals surface area contributed by atoms with Gasteiger partial charge in [0, 0.05) is 25.7 Å². The smallest absolute Gasteiger partial charge is 0.327 e. The Kier molecular flexibility index (Phi) is 12.7. The molecule has 6 fully saturated rings. The number of ether oxygens (including phenoxy) is 5. The number of hydroxylamine groups is 2. The number of hydrogen-bond donors (Lipinski definition) is 2. The molecular formula is C44H64N2O10. The zero-order valence-electron chi connectivity index (χ0n) is 34.0. The van der Waals surface area contributed by atoms with Crippen LogP contribution in [-0.4, -0.2) is 94.7 Å². The number of epoxide rings is 1. The van der Waals surface area contributed by atoms with Gasteiger partial charge < -0.3 is 34.1 Å². The first-order chi connectivity index (χ1) is 26.9. The first-order valence-corrected chi connectivity index (χ1v) is 21.4. The van der Waals surface area contributed by atoms with Crippen molar-refractivity contribution >= 4 is 23.9 Å². The first-order valence-electron chi connectivity index (χ1n) is 21.4. The molecule has 4 aliphatic heterocycles. The van der Waals surface area contributed by atoms with Gasteiger partial charge in [-0.2, -0.15) is 5.06 Å². The molecule has 1 aromatic carbocycles. The predicted molar refractivity (Wildman–Crippen MR) is 207 cm³/mol. The molecule has 12 nitrogen and oxygen atoms in total. The lowest BCUT2D eigenvalue weighted by Gasteiger charge is -2.49. The van der Waals surface area contributed by atoms with Crippen molar-refractivity contribution in [1.29, 1.82) is 0 Å². The van der Waals surface area contributed by atoms with Crippen molar-refractivity contribution in [3.63, 3.8) is 0 Å². The van der Waals surface area contributed by atoms with Gasteiger partial charge in [-0.25, -0.2) is 0 Å². The van der Waals surface area contributed by atoms with E-state index in [0.29, 0.717) is 31.0 Å². The molecule has 4 heterocycles. The van der Waals surface area contributed by atoms with Gasteiger partial charge in [-0.3, -0.25) is 19.2 Å². The fourth-order valence-corrected chi connectivity index (χ4v) is 9.68. The van der Waals surface area contributed by atoms with E-state index < -0.39 is 77.8 Å². The molecule has 2 bridgehead atoms. The van der Waals surface area contributed by atoms with Gasteiger partial charge in [0.2, 0.25) is 5.91 Å². The van der Waals surface area contributed by atoms with Crippen LogP contribution in [0.15, 0.2) is 30.3 Å². The Labute approximate surface area is 332 Å². The van der Waals surface area contributed by atoms with Crippen LogP contribution in [0.1, 0.15) is 136 Å². The van der Waals surface area contributed by atoms with Gasteiger partial charge in [0.15, 0.2) is 11.8 Å². The van der Waals surface area contributed by atoms with Crippen molar-refractivity contribution in [2.75, 3.05) is 6.61 Å². The lowest BCUT2D eigenvalue weighted by atomic mass is 9.62. The number of nitrogens with one attached hydrogen (secondary N) is 1. The van der Waals surface area contributed by atoms with E-state index in [9.17, 15) is 19.5 Å². The quantitative estimate of drug-likeness (QED) is 0.0983. The number of unbranched alkanes of at least 4 members (excludes halogenated alkanes) is 4. The monoisotopic (exact) mass is 780 g/mol. The zero-order chi connectivity index (χ0) is 39.7. The number of esters is 2. The second-order valence-corrected chi connectivity index (χ2v) is 18.1. The fraction of sp³-hybridized carbons (Fsp3) is 0.750. The Morgan fingerprint density at radius 2 is 1.71 bits per heavy atom. The summed E-state index contributed by atoms with van der Waals surface area (Å²) in [7, 11) is 0. The van der Waals surface area contributed by atoms with E-state index in [2.05, 4.69) is 43.4 Å². The normalized spacial score (nSPS) is 33.4. The highest BCUT2D eigenvalue weighted by Crippen LogP contribution is 2.58. The molecule has 10 atom stereocenters. The summed E-state index contributed by atoms with van der Waals surface area (Å²) in [5, 5.41) is 15.0. The SMILES string of the molecule is CCCCCC1(CCCCC)OC2C3CC4(C(=O)NC(CO)CCC(=O)OC(C)(C)C)C(ON(Cc5ccc(C=CC6CCC7OC7C6)cc5)C4C(=O)O3)C2O1. The van der Waals surface area contributed by atoms with Crippen molar-refractivity contribution in [2.45, 2.75) is 191 Å². The van der Waals surface area contributed by atoms with E-state index >= 15 is 0 Å². The summed E-state index contributed by atoms with van der Waals surface area (Å²) in [5.74, 6) is -1.74. The summed E-state index contributed by atoms with van der Waals surface area (Å²) < 4.78 is 31.3. The molecule has 2 aliphatic carbocycles. The summed E-state index contributed by atoms with van der Waals surface area (Å²) in [6, 6.07) is 6.37. The number of rotatable bonds is 18. The van der Waals surface area contributed by atoms with Crippen LogP contribution in [0.3, 0.4) is 0 Å². The largest absolute Gasteiger partial charge is 0.460 e. The van der Waals surface area contributed by atoms with Crippen molar-refractivity contribution < 1.29 is 48.0 Å². The number of fused-ring (bicyclic) bond motifs is 5. The second-order valence-electron chi connectivity index (χ2n) is 18.1. The number of aliphatic hydroxyl groups is 1. The molecule has 12 heteroatoms. The number of aliphatic hydroxyl groups excluding tert-OH is 1. The van der Waals surface area contributed by atoms with E-state index in [1.54, 1.807) is 25.8 Å². The lowest BCUT2D eigenvalue weighted by molar-refractivity contribution is -0.224. The third-order valence-electron chi connectivity index (χ3n) is 12.6. The average Bonchev–Trinajstić information content (AvgIpc) is 3.71. The number of carbonyl (C=O) groups is 3. The molecule has 2 N–H and O–H groups in total. The molecule has 7 rings (SSSR count). The maximum absolute atomic E-state index is 14.9. The number of benzene rings is 1. The van der Waals surface area contributed by atoms with Crippen LogP contribution in [0, 0.1) is 11.3 Å². The zero-order valence-corrected chi connectivity index (χ0v) is 34.0. The molecular weight excluding hydrogens is 716 g/mol. The molecule has 0 radical (unpaired) electrons. The molecule has 4 saturated heterocycles. The molecule has 10 unspecified atom stereocenters. The number of nitrogens with zero attached hydrogens (tertiary/aromatic N) is 1. The molecule has 2 saturated carbocycles. The minimum atomic E-state index is -1.39. The summed E-state index contributed by atoms with van der Waals surface area (Å²) in [5.41, 5.74) is -0.0441. The fourth-order valence-electron chi connectivity index (χ4n) is 9.68. The average molecular weight is 781 g/mol. The molecule has 310 valence electrons. The van der Waals surface area contributed by atoms with E-state index in [1.807, 2.05) is 12.1 Å². The minimum absolute atomic E-state index is 0.0108. The number of allylic oxidation sites excluding steroid dienone is 1. The topological polar surface area (TPSA) is 145 Å². The van der Waals surface area contributed by atoms with Crippen molar-refractivity contribution in [3.05, 3.63) is 41.5 Å². The van der Waals surface area contributed by atoms with Gasteiger partial charge in [-0.1, -0.05) is 75.9 Å². The molecule has 1 aromatic rings. The molecule has 0 aromatic heterocycles. The van der Waals surface area contributed by atoms with Crippen molar-refractivity contribution in [1.82, 2.24) is 10.4 Å². The number of hydrogen-bond acceptors (Lipinski definition) is 11. The van der Waals surface area contributed by atoms with Crippen LogP contribution < -0.4 is 5.32 Å². The maximum atomic E-state index is 14.9. The lowest BCUT2D eigenvalue weighted by Crippen LogP contribution is -2.70. The van der Waals surface area contributed by atoms with Gasteiger partial charge in [0.25, 0.3) is 0 Å². The third-order valence-corrected chi connectivity index (χ3v) is 12.6. The Hall–Kier alpha value is -2.87. The van der Waals surface area contributed by atoms with Crippen LogP contribution in [-0.2, 0) is 49.5 Å². The van der Waals surface area contributed by atoms with E-state index in [0.717, 1.165) is 68.9 Å². The standard InChI is InChI=1S/C44H64N2O10/c1-6-8-10-22-43(23-11-9-7-2)54-36-34-25-44(41(50)45-31(27-47)19-21-35(48)53-42(3,4)5)38(40(49)52-34)46(56-39(44)37(36)55-43)26-30-16-13-28(14-17-30)12-15-29-18-20-32-33(24-29)51-32/h12-17,29,31-34,36-39,47H,6-11,18-27H2,1-5H3,(H,45,50). The van der Waals surface area contributed by atoms with Gasteiger partial charge in [0.05, 0.1) is 31.4 Å². The molecule has 1 amide bonds. The minimum Gasteiger partial charge on any atom is -0.460 e. The maximum Gasteiger partial charge on any atom is 0.327 e. The van der Waals surface area contributed by atoms with Crippen LogP contribution >= 0.6 is 0 Å². The number of carbonyl (C=O) groups excluding carboxylic acids is 3. The highest BCUT2D eigenvalue weighted by molar-refractivity contribution is 5.93. The van der Waals surface area contributed by atoms with E-state index in [4.69, 9.17) is 28.5 Å². The molecule has 56 heavy (non-hydrogen) atoms. The van der Waals surface area contributed by atoms with Gasteiger partial charge in [-0.05, 0) is 76.3 Å². The predicted octanol–water partition coefficient (Wildman–Crippen LogP) is 6.31. The van der Waals surface area contributed by atoms with E-state index in [1.165, 1.54) is 0 Å². The van der Waals surface area contributed by atoms with Crippen LogP contribution in [0.2, 0.25) is 0 Å². The Balaban J connectivity index is 1.14. The second kappa shape index (κ2) is 17.2.